The van der Waals surface area contributed by atoms with Crippen LogP contribution in [0.3, 0.4) is 0 Å². The number of hydrogen-bond donors (Lipinski definition) is 1. The third kappa shape index (κ3) is 6.96. The molecule has 0 saturated heterocycles. The van der Waals surface area contributed by atoms with Crippen LogP contribution in [0.4, 0.5) is 11.4 Å². The summed E-state index contributed by atoms with van der Waals surface area (Å²) in [4.78, 5) is 27.7. The molecule has 2 heterocycles. The smallest absolute Gasteiger partial charge is 0.342 e. The van der Waals surface area contributed by atoms with Crippen LogP contribution in [-0.2, 0) is 21.7 Å². The SMILES string of the molecule is CN(C)c1cccc(C=O)c1.COc1ccc(C2(O)OC(=O)C(c3ccc4nsnc4c3)=C2Cc2cccc(N(C)C)c2)cc1OC. The number of carbonyl (C=O) groups is 2. The van der Waals surface area contributed by atoms with E-state index in [4.69, 9.17) is 14.2 Å². The van der Waals surface area contributed by atoms with E-state index in [1.54, 1.807) is 36.4 Å². The van der Waals surface area contributed by atoms with Gasteiger partial charge >= 0.3 is 5.97 Å². The molecule has 0 saturated carbocycles. The Morgan fingerprint density at radius 1 is 0.830 bits per heavy atom. The predicted molar refractivity (Wildman–Crippen MR) is 184 cm³/mol. The molecule has 11 heteroatoms. The highest BCUT2D eigenvalue weighted by Gasteiger charge is 2.48. The number of aromatic nitrogens is 2. The fourth-order valence-electron chi connectivity index (χ4n) is 5.28. The molecule has 4 aromatic carbocycles. The second-order valence-corrected chi connectivity index (χ2v) is 11.8. The fraction of sp³-hybridized carbons (Fsp3) is 0.222. The number of rotatable bonds is 9. The molecule has 0 aliphatic carbocycles. The third-order valence-corrected chi connectivity index (χ3v) is 8.36. The van der Waals surface area contributed by atoms with Crippen molar-refractivity contribution >= 4 is 52.0 Å². The lowest BCUT2D eigenvalue weighted by atomic mass is 9.87. The summed E-state index contributed by atoms with van der Waals surface area (Å²) in [6.45, 7) is 0. The van der Waals surface area contributed by atoms with Gasteiger partial charge in [-0.3, -0.25) is 4.79 Å². The van der Waals surface area contributed by atoms with Crippen LogP contribution in [0.25, 0.3) is 16.6 Å². The summed E-state index contributed by atoms with van der Waals surface area (Å²) in [5, 5.41) is 12.0. The third-order valence-electron chi connectivity index (χ3n) is 7.80. The quantitative estimate of drug-likeness (QED) is 0.156. The first-order valence-electron chi connectivity index (χ1n) is 14.7. The minimum atomic E-state index is -2.00. The maximum atomic E-state index is 13.4. The second kappa shape index (κ2) is 14.0. The van der Waals surface area contributed by atoms with Gasteiger partial charge in [-0.05, 0) is 65.7 Å². The lowest BCUT2D eigenvalue weighted by Crippen LogP contribution is -2.30. The highest BCUT2D eigenvalue weighted by atomic mass is 32.1. The van der Waals surface area contributed by atoms with Crippen LogP contribution < -0.4 is 19.3 Å². The minimum Gasteiger partial charge on any atom is -0.493 e. The summed E-state index contributed by atoms with van der Waals surface area (Å²) >= 11 is 1.10. The standard InChI is InChI=1S/C27H25N3O5S.C9H11NO/c1-30(2)19-7-5-6-16(12-19)13-20-25(17-8-10-21-22(14-17)29-36-28-21)26(31)35-27(20,32)18-9-11-23(33-3)24(15-18)34-4;1-10(2)9-5-3-4-8(6-9)7-11/h5-12,14-15,32H,13H2,1-4H3;3-7H,1-2H3. The summed E-state index contributed by atoms with van der Waals surface area (Å²) < 4.78 is 25.1. The van der Waals surface area contributed by atoms with Crippen LogP contribution in [0.15, 0.2) is 90.5 Å². The van der Waals surface area contributed by atoms with Gasteiger partial charge in [-0.2, -0.15) is 8.75 Å². The van der Waals surface area contributed by atoms with E-state index in [9.17, 15) is 14.7 Å². The Kier molecular flexibility index (Phi) is 9.88. The molecular formula is C36H36N4O6S. The van der Waals surface area contributed by atoms with Gasteiger partial charge < -0.3 is 29.1 Å². The van der Waals surface area contributed by atoms with Gasteiger partial charge in [0, 0.05) is 62.7 Å². The van der Waals surface area contributed by atoms with Crippen molar-refractivity contribution in [1.29, 1.82) is 0 Å². The van der Waals surface area contributed by atoms with E-state index in [0.717, 1.165) is 46.0 Å². The van der Waals surface area contributed by atoms with Gasteiger partial charge in [-0.1, -0.05) is 30.3 Å². The van der Waals surface area contributed by atoms with Gasteiger partial charge in [0.05, 0.1) is 31.5 Å². The van der Waals surface area contributed by atoms with Gasteiger partial charge in [0.2, 0.25) is 0 Å². The molecule has 0 radical (unpaired) electrons. The second-order valence-electron chi connectivity index (χ2n) is 11.3. The fourth-order valence-corrected chi connectivity index (χ4v) is 5.80. The van der Waals surface area contributed by atoms with Crippen molar-refractivity contribution < 1.29 is 28.9 Å². The average molecular weight is 653 g/mol. The first-order chi connectivity index (χ1) is 22.6. The number of hydrogen-bond acceptors (Lipinski definition) is 11. The van der Waals surface area contributed by atoms with Crippen molar-refractivity contribution in [3.05, 3.63) is 113 Å². The topological polar surface area (TPSA) is 114 Å². The monoisotopic (exact) mass is 652 g/mol. The van der Waals surface area contributed by atoms with E-state index >= 15 is 0 Å². The molecule has 0 bridgehead atoms. The lowest BCUT2D eigenvalue weighted by molar-refractivity contribution is -0.185. The zero-order chi connectivity index (χ0) is 33.7. The van der Waals surface area contributed by atoms with Crippen LogP contribution in [0.2, 0.25) is 0 Å². The summed E-state index contributed by atoms with van der Waals surface area (Å²) in [6, 6.07) is 25.8. The predicted octanol–water partition coefficient (Wildman–Crippen LogP) is 5.74. The molecule has 47 heavy (non-hydrogen) atoms. The van der Waals surface area contributed by atoms with E-state index in [2.05, 4.69) is 8.75 Å². The molecule has 1 aliphatic heterocycles. The van der Waals surface area contributed by atoms with E-state index < -0.39 is 11.8 Å². The van der Waals surface area contributed by atoms with E-state index in [1.807, 2.05) is 86.5 Å². The molecule has 0 amide bonds. The summed E-state index contributed by atoms with van der Waals surface area (Å²) in [5.74, 6) is -1.71. The molecule has 6 rings (SSSR count). The number of esters is 1. The molecule has 1 N–H and O–H groups in total. The summed E-state index contributed by atoms with van der Waals surface area (Å²) in [5.41, 5.74) is 6.81. The van der Waals surface area contributed by atoms with Gasteiger partial charge in [-0.25, -0.2) is 4.79 Å². The van der Waals surface area contributed by atoms with Gasteiger partial charge in [0.25, 0.3) is 5.79 Å². The Morgan fingerprint density at radius 2 is 1.51 bits per heavy atom. The number of anilines is 2. The largest absolute Gasteiger partial charge is 0.493 e. The Bertz CT molecular complexity index is 1950. The van der Waals surface area contributed by atoms with Crippen molar-refractivity contribution in [3.63, 3.8) is 0 Å². The Balaban J connectivity index is 0.000000335. The molecular weight excluding hydrogens is 616 g/mol. The first-order valence-corrected chi connectivity index (χ1v) is 15.4. The number of fused-ring (bicyclic) bond motifs is 1. The molecule has 1 unspecified atom stereocenters. The molecule has 1 aliphatic rings. The average Bonchev–Trinajstić information content (AvgIpc) is 3.65. The van der Waals surface area contributed by atoms with Crippen molar-refractivity contribution in [3.8, 4) is 11.5 Å². The van der Waals surface area contributed by atoms with Crippen molar-refractivity contribution in [2.45, 2.75) is 12.2 Å². The Labute approximate surface area is 277 Å². The molecule has 1 atom stereocenters. The number of methoxy groups -OCH3 is 2. The number of carbonyl (C=O) groups excluding carboxylic acids is 2. The Hall–Kier alpha value is -5.26. The number of nitrogens with zero attached hydrogens (tertiary/aromatic N) is 4. The van der Waals surface area contributed by atoms with Crippen LogP contribution >= 0.6 is 11.7 Å². The van der Waals surface area contributed by atoms with Crippen LogP contribution in [0, 0.1) is 0 Å². The highest BCUT2D eigenvalue weighted by molar-refractivity contribution is 7.00. The highest BCUT2D eigenvalue weighted by Crippen LogP contribution is 2.46. The number of aldehydes is 1. The number of cyclic esters (lactones) is 1. The minimum absolute atomic E-state index is 0.279. The van der Waals surface area contributed by atoms with Crippen LogP contribution in [0.5, 0.6) is 11.5 Å². The van der Waals surface area contributed by atoms with Crippen LogP contribution in [-0.4, -0.2) is 68.5 Å². The molecule has 5 aromatic rings. The molecule has 0 spiro atoms. The van der Waals surface area contributed by atoms with E-state index in [-0.39, 0.29) is 6.42 Å². The molecule has 0 fully saturated rings. The zero-order valence-electron chi connectivity index (χ0n) is 27.1. The maximum Gasteiger partial charge on any atom is 0.342 e. The van der Waals surface area contributed by atoms with Crippen molar-refractivity contribution in [2.75, 3.05) is 52.2 Å². The maximum absolute atomic E-state index is 13.4. The molecule has 10 nitrogen and oxygen atoms in total. The van der Waals surface area contributed by atoms with Gasteiger partial charge in [0.15, 0.2) is 11.5 Å². The number of benzene rings is 4. The van der Waals surface area contributed by atoms with Gasteiger partial charge in [0.1, 0.15) is 17.3 Å². The first kappa shape index (κ1) is 33.1. The number of aliphatic hydroxyl groups is 1. The normalized spacial score (nSPS) is 15.5. The summed E-state index contributed by atoms with van der Waals surface area (Å²) in [7, 11) is 10.9. The Morgan fingerprint density at radius 3 is 2.19 bits per heavy atom. The van der Waals surface area contributed by atoms with Crippen molar-refractivity contribution in [2.24, 2.45) is 0 Å². The van der Waals surface area contributed by atoms with E-state index in [1.165, 1.54) is 14.2 Å². The van der Waals surface area contributed by atoms with Crippen molar-refractivity contribution in [1.82, 2.24) is 8.75 Å². The lowest BCUT2D eigenvalue weighted by Gasteiger charge is -2.26. The van der Waals surface area contributed by atoms with E-state index in [0.29, 0.717) is 39.3 Å². The number of ether oxygens (including phenoxy) is 3. The van der Waals surface area contributed by atoms with Crippen LogP contribution in [0.1, 0.15) is 27.0 Å². The zero-order valence-corrected chi connectivity index (χ0v) is 27.9. The molecule has 1 aromatic heterocycles. The van der Waals surface area contributed by atoms with Gasteiger partial charge in [-0.15, -0.1) is 0 Å². The molecule has 242 valence electrons. The summed E-state index contributed by atoms with van der Waals surface area (Å²) in [6.07, 6.45) is 1.13.